The van der Waals surface area contributed by atoms with Gasteiger partial charge in [-0.3, -0.25) is 9.59 Å². The Bertz CT molecular complexity index is 519. The first kappa shape index (κ1) is 16.7. The number of hydrogen-bond acceptors (Lipinski definition) is 5. The number of carbonyl (C=O) groups excluding carboxylic acids is 2. The molecule has 122 valence electrons. The highest BCUT2D eigenvalue weighted by Gasteiger charge is 2.46. The van der Waals surface area contributed by atoms with Gasteiger partial charge in [0.1, 0.15) is 12.2 Å². The Balaban J connectivity index is 2.40. The van der Waals surface area contributed by atoms with E-state index in [-0.39, 0.29) is 23.8 Å². The summed E-state index contributed by atoms with van der Waals surface area (Å²) < 4.78 is 10.9. The average molecular weight is 308 g/mol. The lowest BCUT2D eigenvalue weighted by atomic mass is 9.82. The molecule has 2 aliphatic rings. The molecule has 22 heavy (non-hydrogen) atoms. The van der Waals surface area contributed by atoms with Crippen molar-refractivity contribution in [2.24, 2.45) is 11.8 Å². The Morgan fingerprint density at radius 3 is 2.73 bits per heavy atom. The van der Waals surface area contributed by atoms with Gasteiger partial charge in [0, 0.05) is 13.3 Å². The number of esters is 2. The second-order valence-electron chi connectivity index (χ2n) is 6.33. The summed E-state index contributed by atoms with van der Waals surface area (Å²) in [7, 11) is 0. The number of carbonyl (C=O) groups is 2. The Morgan fingerprint density at radius 2 is 2.09 bits per heavy atom. The quantitative estimate of drug-likeness (QED) is 0.593. The Kier molecular flexibility index (Phi) is 5.06. The van der Waals surface area contributed by atoms with Gasteiger partial charge < -0.3 is 14.6 Å². The van der Waals surface area contributed by atoms with Crippen molar-refractivity contribution in [3.05, 3.63) is 23.3 Å². The molecule has 0 saturated carbocycles. The van der Waals surface area contributed by atoms with Gasteiger partial charge in [-0.2, -0.15) is 0 Å². The minimum atomic E-state index is -0.588. The maximum atomic E-state index is 12.0. The molecular weight excluding hydrogens is 284 g/mol. The third kappa shape index (κ3) is 3.58. The van der Waals surface area contributed by atoms with E-state index in [1.54, 1.807) is 13.0 Å². The van der Waals surface area contributed by atoms with Gasteiger partial charge in [-0.05, 0) is 31.9 Å². The van der Waals surface area contributed by atoms with E-state index in [0.29, 0.717) is 12.8 Å². The highest BCUT2D eigenvalue weighted by atomic mass is 16.6. The fourth-order valence-electron chi connectivity index (χ4n) is 3.18. The highest BCUT2D eigenvalue weighted by molar-refractivity contribution is 5.75. The molecule has 5 atom stereocenters. The monoisotopic (exact) mass is 308 g/mol. The van der Waals surface area contributed by atoms with Crippen LogP contribution in [0.2, 0.25) is 0 Å². The van der Waals surface area contributed by atoms with Gasteiger partial charge in [0.05, 0.1) is 17.9 Å². The Labute approximate surface area is 131 Å². The predicted octanol–water partition coefficient (Wildman–Crippen LogP) is 2.14. The third-order valence-corrected chi connectivity index (χ3v) is 4.49. The third-order valence-electron chi connectivity index (χ3n) is 4.49. The van der Waals surface area contributed by atoms with Gasteiger partial charge in [0.2, 0.25) is 0 Å². The number of hydrogen-bond donors (Lipinski definition) is 1. The molecule has 0 aromatic rings. The standard InChI is InChI=1S/C17H24O5/c1-9-5-6-13(19)10(2)8-15-16(11(3)17(20)22-15)14(7-9)21-12(4)18/h5,8,11,13-16,19H,6-7H2,1-4H3/b9-5+,10-8+/t11?,13-,14-,15?,16+/m0/s1. The van der Waals surface area contributed by atoms with Crippen molar-refractivity contribution in [1.29, 1.82) is 0 Å². The summed E-state index contributed by atoms with van der Waals surface area (Å²) in [4.78, 5) is 23.4. The molecule has 2 unspecified atom stereocenters. The molecule has 5 nitrogen and oxygen atoms in total. The van der Waals surface area contributed by atoms with E-state index in [1.807, 2.05) is 19.9 Å². The molecule has 0 amide bonds. The van der Waals surface area contributed by atoms with Crippen molar-refractivity contribution < 1.29 is 24.2 Å². The number of fused-ring (bicyclic) bond motifs is 1. The molecule has 0 aromatic heterocycles. The van der Waals surface area contributed by atoms with Crippen LogP contribution in [0.15, 0.2) is 23.3 Å². The lowest BCUT2D eigenvalue weighted by Gasteiger charge is -2.29. The molecule has 0 spiro atoms. The van der Waals surface area contributed by atoms with E-state index in [9.17, 15) is 14.7 Å². The molecule has 1 heterocycles. The maximum Gasteiger partial charge on any atom is 0.309 e. The molecule has 0 aromatic carbocycles. The van der Waals surface area contributed by atoms with Gasteiger partial charge in [0.15, 0.2) is 0 Å². The van der Waals surface area contributed by atoms with Gasteiger partial charge in [-0.25, -0.2) is 0 Å². The SMILES string of the molecule is CC(=O)O[C@H]1C/C(C)=C/C[C@H](O)/C(C)=C/C2OC(=O)C(C)[C@@H]21. The fraction of sp³-hybridized carbons (Fsp3) is 0.647. The van der Waals surface area contributed by atoms with Crippen LogP contribution in [-0.2, 0) is 19.1 Å². The first-order chi connectivity index (χ1) is 10.3. The van der Waals surface area contributed by atoms with Gasteiger partial charge >= 0.3 is 11.9 Å². The Hall–Kier alpha value is -1.62. The predicted molar refractivity (Wildman–Crippen MR) is 80.8 cm³/mol. The molecule has 1 N–H and O–H groups in total. The van der Waals surface area contributed by atoms with Crippen molar-refractivity contribution in [3.8, 4) is 0 Å². The maximum absolute atomic E-state index is 12.0. The van der Waals surface area contributed by atoms with Crippen LogP contribution in [0, 0.1) is 11.8 Å². The minimum absolute atomic E-state index is 0.236. The average Bonchev–Trinajstić information content (AvgIpc) is 2.69. The Morgan fingerprint density at radius 1 is 1.41 bits per heavy atom. The van der Waals surface area contributed by atoms with E-state index < -0.39 is 18.3 Å². The van der Waals surface area contributed by atoms with Crippen LogP contribution in [0.25, 0.3) is 0 Å². The lowest BCUT2D eigenvalue weighted by Crippen LogP contribution is -2.35. The van der Waals surface area contributed by atoms with Crippen LogP contribution < -0.4 is 0 Å². The van der Waals surface area contributed by atoms with E-state index >= 15 is 0 Å². The summed E-state index contributed by atoms with van der Waals surface area (Å²) in [6, 6.07) is 0. The second-order valence-corrected chi connectivity index (χ2v) is 6.33. The van der Waals surface area contributed by atoms with E-state index in [4.69, 9.17) is 9.47 Å². The molecular formula is C17H24O5. The van der Waals surface area contributed by atoms with E-state index in [2.05, 4.69) is 0 Å². The lowest BCUT2D eigenvalue weighted by molar-refractivity contribution is -0.150. The van der Waals surface area contributed by atoms with Crippen LogP contribution in [0.5, 0.6) is 0 Å². The van der Waals surface area contributed by atoms with Crippen molar-refractivity contribution in [2.75, 3.05) is 0 Å². The largest absolute Gasteiger partial charge is 0.462 e. The first-order valence-corrected chi connectivity index (χ1v) is 7.69. The zero-order valence-electron chi connectivity index (χ0n) is 13.5. The van der Waals surface area contributed by atoms with Crippen LogP contribution in [-0.4, -0.2) is 35.4 Å². The molecule has 5 heteroatoms. The van der Waals surface area contributed by atoms with Crippen molar-refractivity contribution in [1.82, 2.24) is 0 Å². The van der Waals surface area contributed by atoms with Crippen molar-refractivity contribution in [2.45, 2.75) is 58.8 Å². The number of ether oxygens (including phenoxy) is 2. The molecule has 0 radical (unpaired) electrons. The topological polar surface area (TPSA) is 72.8 Å². The van der Waals surface area contributed by atoms with Crippen LogP contribution in [0.3, 0.4) is 0 Å². The highest BCUT2D eigenvalue weighted by Crippen LogP contribution is 2.37. The van der Waals surface area contributed by atoms with Crippen molar-refractivity contribution >= 4 is 11.9 Å². The summed E-state index contributed by atoms with van der Waals surface area (Å²) in [5, 5.41) is 10.1. The zero-order chi connectivity index (χ0) is 16.4. The molecule has 0 bridgehead atoms. The van der Waals surface area contributed by atoms with Gasteiger partial charge in [-0.1, -0.05) is 18.6 Å². The second kappa shape index (κ2) is 6.65. The molecule has 2 rings (SSSR count). The van der Waals surface area contributed by atoms with E-state index in [1.165, 1.54) is 6.92 Å². The number of rotatable bonds is 1. The number of aliphatic hydroxyl groups is 1. The summed E-state index contributed by atoms with van der Waals surface area (Å²) in [5.74, 6) is -1.23. The van der Waals surface area contributed by atoms with Crippen LogP contribution >= 0.6 is 0 Å². The minimum Gasteiger partial charge on any atom is -0.462 e. The normalized spacial score (nSPS) is 40.6. The van der Waals surface area contributed by atoms with Gasteiger partial charge in [-0.15, -0.1) is 0 Å². The molecule has 1 aliphatic carbocycles. The molecule has 1 saturated heterocycles. The first-order valence-electron chi connectivity index (χ1n) is 7.69. The zero-order valence-corrected chi connectivity index (χ0v) is 13.5. The number of aliphatic hydroxyl groups excluding tert-OH is 1. The summed E-state index contributed by atoms with van der Waals surface area (Å²) in [6.45, 7) is 6.94. The van der Waals surface area contributed by atoms with Crippen LogP contribution in [0.1, 0.15) is 40.5 Å². The van der Waals surface area contributed by atoms with Crippen LogP contribution in [0.4, 0.5) is 0 Å². The smallest absolute Gasteiger partial charge is 0.309 e. The molecule has 1 fully saturated rings. The molecule has 1 aliphatic heterocycles. The van der Waals surface area contributed by atoms with Gasteiger partial charge in [0.25, 0.3) is 0 Å². The summed E-state index contributed by atoms with van der Waals surface area (Å²) >= 11 is 0. The van der Waals surface area contributed by atoms with E-state index in [0.717, 1.165) is 11.1 Å². The van der Waals surface area contributed by atoms with Crippen molar-refractivity contribution in [3.63, 3.8) is 0 Å². The summed E-state index contributed by atoms with van der Waals surface area (Å²) in [5.41, 5.74) is 1.80. The fourth-order valence-corrected chi connectivity index (χ4v) is 3.18. The summed E-state index contributed by atoms with van der Waals surface area (Å²) in [6.07, 6.45) is 3.34.